The van der Waals surface area contributed by atoms with E-state index in [0.717, 1.165) is 13.2 Å². The van der Waals surface area contributed by atoms with Crippen molar-refractivity contribution in [2.75, 3.05) is 26.8 Å². The van der Waals surface area contributed by atoms with E-state index in [2.05, 4.69) is 23.8 Å². The summed E-state index contributed by atoms with van der Waals surface area (Å²) in [7, 11) is 1.46. The number of hydrogen-bond donors (Lipinski definition) is 2. The summed E-state index contributed by atoms with van der Waals surface area (Å²) in [5, 5.41) is 13.4. The molecule has 1 aliphatic heterocycles. The second kappa shape index (κ2) is 12.3. The van der Waals surface area contributed by atoms with E-state index in [9.17, 15) is 9.59 Å². The quantitative estimate of drug-likeness (QED) is 0.589. The van der Waals surface area contributed by atoms with Crippen LogP contribution in [0.15, 0.2) is 43.2 Å². The lowest BCUT2D eigenvalue weighted by Crippen LogP contribution is -2.36. The predicted molar refractivity (Wildman–Crippen MR) is 102 cm³/mol. The first-order valence-electron chi connectivity index (χ1n) is 8.60. The fraction of sp³-hybridized carbons (Fsp3) is 0.350. The molecule has 7 heteroatoms. The minimum Gasteiger partial charge on any atom is -0.452 e. The Morgan fingerprint density at radius 2 is 1.81 bits per heavy atom. The van der Waals surface area contributed by atoms with E-state index in [-0.39, 0.29) is 24.0 Å². The molecular weight excluding hydrogens is 346 g/mol. The highest BCUT2D eigenvalue weighted by Gasteiger charge is 2.12. The van der Waals surface area contributed by atoms with Crippen molar-refractivity contribution >= 4 is 17.6 Å². The third-order valence-corrected chi connectivity index (χ3v) is 3.60. The maximum atomic E-state index is 11.6. The zero-order valence-electron chi connectivity index (χ0n) is 15.5. The number of benzene rings is 1. The molecular formula is C20H25N3O4. The molecule has 7 nitrogen and oxygen atoms in total. The highest BCUT2D eigenvalue weighted by atomic mass is 16.5. The normalized spacial score (nSPS) is 12.4. The monoisotopic (exact) mass is 371 g/mol. The first-order valence-corrected chi connectivity index (χ1v) is 8.60. The zero-order valence-corrected chi connectivity index (χ0v) is 15.5. The smallest absolute Gasteiger partial charge is 0.286 e. The molecule has 0 spiro atoms. The third kappa shape index (κ3) is 8.70. The minimum absolute atomic E-state index is 0.166. The lowest BCUT2D eigenvalue weighted by atomic mass is 10.1. The Labute approximate surface area is 159 Å². The van der Waals surface area contributed by atoms with E-state index >= 15 is 0 Å². The van der Waals surface area contributed by atoms with Gasteiger partial charge in [0, 0.05) is 25.8 Å². The van der Waals surface area contributed by atoms with Gasteiger partial charge in [0.1, 0.15) is 5.76 Å². The van der Waals surface area contributed by atoms with Gasteiger partial charge in [-0.05, 0) is 43.5 Å². The van der Waals surface area contributed by atoms with Crippen LogP contribution in [0.3, 0.4) is 0 Å². The molecule has 1 saturated heterocycles. The van der Waals surface area contributed by atoms with E-state index in [1.54, 1.807) is 24.3 Å². The number of nitriles is 1. The van der Waals surface area contributed by atoms with Gasteiger partial charge in [-0.3, -0.25) is 9.59 Å². The van der Waals surface area contributed by atoms with Crippen LogP contribution in [0.25, 0.3) is 5.76 Å². The summed E-state index contributed by atoms with van der Waals surface area (Å²) in [5.74, 6) is -0.886. The second-order valence-electron chi connectivity index (χ2n) is 5.67. The van der Waals surface area contributed by atoms with Crippen molar-refractivity contribution in [3.8, 4) is 6.07 Å². The summed E-state index contributed by atoms with van der Waals surface area (Å²) in [6.45, 7) is 9.00. The van der Waals surface area contributed by atoms with E-state index < -0.39 is 5.91 Å². The molecule has 0 saturated carbocycles. The number of likely N-dealkylation sites (N-methyl/N-ethyl adjacent to an activating group) is 1. The fourth-order valence-corrected chi connectivity index (χ4v) is 2.02. The summed E-state index contributed by atoms with van der Waals surface area (Å²) in [6.07, 6.45) is 3.93. The van der Waals surface area contributed by atoms with Gasteiger partial charge in [-0.25, -0.2) is 0 Å². The number of ether oxygens (including phenoxy) is 2. The molecule has 2 amide bonds. The van der Waals surface area contributed by atoms with Gasteiger partial charge >= 0.3 is 0 Å². The van der Waals surface area contributed by atoms with Gasteiger partial charge in [-0.2, -0.15) is 5.26 Å². The highest BCUT2D eigenvalue weighted by molar-refractivity contribution is 5.94. The van der Waals surface area contributed by atoms with Crippen LogP contribution in [0.1, 0.15) is 30.4 Å². The van der Waals surface area contributed by atoms with Crippen molar-refractivity contribution in [1.82, 2.24) is 10.6 Å². The first-order chi connectivity index (χ1) is 13.0. The Bertz CT molecular complexity index is 689. The first kappa shape index (κ1) is 21.9. The SMILES string of the molecule is C1CCOCC1.C=C(OC(=C)c1ccc(C#N)cc1)C(=O)NCC(=O)NC. The highest BCUT2D eigenvalue weighted by Crippen LogP contribution is 2.17. The molecule has 1 aromatic rings. The van der Waals surface area contributed by atoms with Crippen molar-refractivity contribution < 1.29 is 19.1 Å². The minimum atomic E-state index is -0.603. The Morgan fingerprint density at radius 1 is 1.19 bits per heavy atom. The van der Waals surface area contributed by atoms with Crippen LogP contribution in [-0.4, -0.2) is 38.6 Å². The Kier molecular flexibility index (Phi) is 9.97. The Morgan fingerprint density at radius 3 is 2.26 bits per heavy atom. The molecule has 0 atom stereocenters. The largest absolute Gasteiger partial charge is 0.452 e. The number of amides is 2. The summed E-state index contributed by atoms with van der Waals surface area (Å²) in [5.41, 5.74) is 1.13. The van der Waals surface area contributed by atoms with E-state index in [0.29, 0.717) is 11.1 Å². The third-order valence-electron chi connectivity index (χ3n) is 3.60. The number of carbonyl (C=O) groups is 2. The van der Waals surface area contributed by atoms with Gasteiger partial charge in [-0.1, -0.05) is 13.2 Å². The molecule has 1 fully saturated rings. The van der Waals surface area contributed by atoms with Gasteiger partial charge in [0.2, 0.25) is 5.91 Å². The molecule has 0 radical (unpaired) electrons. The van der Waals surface area contributed by atoms with Crippen LogP contribution in [0.5, 0.6) is 0 Å². The number of hydrogen-bond acceptors (Lipinski definition) is 5. The average molecular weight is 371 g/mol. The lowest BCUT2D eigenvalue weighted by Gasteiger charge is -2.11. The molecule has 144 valence electrons. The number of rotatable bonds is 6. The van der Waals surface area contributed by atoms with Gasteiger partial charge in [0.25, 0.3) is 5.91 Å². The van der Waals surface area contributed by atoms with Crippen molar-refractivity contribution in [3.05, 3.63) is 54.3 Å². The summed E-state index contributed by atoms with van der Waals surface area (Å²) in [4.78, 5) is 22.6. The van der Waals surface area contributed by atoms with Crippen LogP contribution in [0.2, 0.25) is 0 Å². The maximum Gasteiger partial charge on any atom is 0.286 e. The standard InChI is InChI=1S/C15H15N3O3.C5H10O/c1-10(13-6-4-12(8-16)5-7-13)21-11(2)15(20)18-9-14(19)17-3;1-2-4-6-5-3-1/h4-7H,1-2,9H2,3H3,(H,17,19)(H,18,20);1-5H2. The molecule has 1 aromatic carbocycles. The van der Waals surface area contributed by atoms with E-state index in [4.69, 9.17) is 14.7 Å². The predicted octanol–water partition coefficient (Wildman–Crippen LogP) is 2.11. The molecule has 2 N–H and O–H groups in total. The molecule has 1 heterocycles. The molecule has 0 aliphatic carbocycles. The number of carbonyl (C=O) groups excluding carboxylic acids is 2. The molecule has 0 bridgehead atoms. The average Bonchev–Trinajstić information content (AvgIpc) is 2.73. The van der Waals surface area contributed by atoms with Crippen LogP contribution >= 0.6 is 0 Å². The molecule has 0 unspecified atom stereocenters. The van der Waals surface area contributed by atoms with Crippen LogP contribution in [0, 0.1) is 11.3 Å². The maximum absolute atomic E-state index is 11.6. The van der Waals surface area contributed by atoms with E-state index in [1.165, 1.54) is 26.3 Å². The number of nitrogens with zero attached hydrogens (tertiary/aromatic N) is 1. The lowest BCUT2D eigenvalue weighted by molar-refractivity contribution is -0.125. The van der Waals surface area contributed by atoms with Gasteiger partial charge < -0.3 is 20.1 Å². The molecule has 27 heavy (non-hydrogen) atoms. The Balaban J connectivity index is 0.000000511. The van der Waals surface area contributed by atoms with Crippen LogP contribution < -0.4 is 10.6 Å². The van der Waals surface area contributed by atoms with Crippen LogP contribution in [-0.2, 0) is 19.1 Å². The van der Waals surface area contributed by atoms with Gasteiger partial charge in [0.15, 0.2) is 5.76 Å². The summed E-state index contributed by atoms with van der Waals surface area (Å²) in [6, 6.07) is 8.51. The summed E-state index contributed by atoms with van der Waals surface area (Å²) >= 11 is 0. The molecule has 2 rings (SSSR count). The summed E-state index contributed by atoms with van der Waals surface area (Å²) < 4.78 is 10.3. The van der Waals surface area contributed by atoms with Gasteiger partial charge in [0.05, 0.1) is 18.2 Å². The van der Waals surface area contributed by atoms with Crippen molar-refractivity contribution in [3.63, 3.8) is 0 Å². The van der Waals surface area contributed by atoms with Crippen molar-refractivity contribution in [2.45, 2.75) is 19.3 Å². The van der Waals surface area contributed by atoms with Gasteiger partial charge in [-0.15, -0.1) is 0 Å². The topological polar surface area (TPSA) is 100 Å². The second-order valence-corrected chi connectivity index (χ2v) is 5.67. The molecule has 1 aliphatic rings. The van der Waals surface area contributed by atoms with E-state index in [1.807, 2.05) is 6.07 Å². The van der Waals surface area contributed by atoms with Crippen molar-refractivity contribution in [2.24, 2.45) is 0 Å². The zero-order chi connectivity index (χ0) is 20.1. The van der Waals surface area contributed by atoms with Crippen LogP contribution in [0.4, 0.5) is 0 Å². The fourth-order valence-electron chi connectivity index (χ4n) is 2.02. The number of nitrogens with one attached hydrogen (secondary N) is 2. The molecule has 0 aromatic heterocycles. The van der Waals surface area contributed by atoms with Crippen molar-refractivity contribution in [1.29, 1.82) is 5.26 Å². The Hall–Kier alpha value is -3.11.